The van der Waals surface area contributed by atoms with Crippen molar-refractivity contribution in [2.24, 2.45) is 7.05 Å². The molecule has 1 aromatic carbocycles. The second-order valence-electron chi connectivity index (χ2n) is 5.42. The lowest BCUT2D eigenvalue weighted by molar-refractivity contribution is 0.353. The summed E-state index contributed by atoms with van der Waals surface area (Å²) in [5.74, 6) is 0. The van der Waals surface area contributed by atoms with Gasteiger partial charge in [-0.1, -0.05) is 18.6 Å². The van der Waals surface area contributed by atoms with Crippen molar-refractivity contribution in [3.8, 4) is 0 Å². The number of rotatable bonds is 2. The Morgan fingerprint density at radius 2 is 2.05 bits per heavy atom. The van der Waals surface area contributed by atoms with E-state index in [1.54, 1.807) is 23.7 Å². The first-order valence-electron chi connectivity index (χ1n) is 7.10. The van der Waals surface area contributed by atoms with Crippen LogP contribution >= 0.6 is 0 Å². The number of nitrogens with zero attached hydrogens (tertiary/aromatic N) is 2. The first-order valence-corrected chi connectivity index (χ1v) is 7.10. The number of para-hydroxylation sites is 1. The Bertz CT molecular complexity index is 739. The van der Waals surface area contributed by atoms with E-state index in [1.807, 2.05) is 12.1 Å². The van der Waals surface area contributed by atoms with Gasteiger partial charge in [-0.15, -0.1) is 0 Å². The SMILES string of the molecule is Cn1c(=O)n(CC2CCCCN2)c(=O)c2ccccc21. The zero-order valence-corrected chi connectivity index (χ0v) is 11.6. The van der Waals surface area contributed by atoms with Crippen LogP contribution < -0.4 is 16.6 Å². The summed E-state index contributed by atoms with van der Waals surface area (Å²) in [6.45, 7) is 1.42. The summed E-state index contributed by atoms with van der Waals surface area (Å²) in [7, 11) is 1.72. The number of aryl methyl sites for hydroxylation is 1. The molecule has 0 amide bonds. The molecule has 1 aliphatic heterocycles. The summed E-state index contributed by atoms with van der Waals surface area (Å²) in [4.78, 5) is 24.9. The largest absolute Gasteiger partial charge is 0.331 e. The molecule has 0 saturated carbocycles. The number of nitrogens with one attached hydrogen (secondary N) is 1. The van der Waals surface area contributed by atoms with E-state index in [2.05, 4.69) is 5.32 Å². The van der Waals surface area contributed by atoms with Crippen LogP contribution in [0, 0.1) is 0 Å². The number of benzene rings is 1. The minimum Gasteiger partial charge on any atom is -0.312 e. The van der Waals surface area contributed by atoms with E-state index < -0.39 is 0 Å². The van der Waals surface area contributed by atoms with Crippen LogP contribution in [0.15, 0.2) is 33.9 Å². The van der Waals surface area contributed by atoms with E-state index in [0.29, 0.717) is 17.4 Å². The number of fused-ring (bicyclic) bond motifs is 1. The van der Waals surface area contributed by atoms with Crippen molar-refractivity contribution in [3.63, 3.8) is 0 Å². The molecule has 1 saturated heterocycles. The molecule has 0 aliphatic carbocycles. The van der Waals surface area contributed by atoms with Gasteiger partial charge in [0.2, 0.25) is 0 Å². The molecule has 2 aromatic rings. The molecule has 1 fully saturated rings. The third-order valence-electron chi connectivity index (χ3n) is 4.07. The second kappa shape index (κ2) is 5.25. The number of hydrogen-bond acceptors (Lipinski definition) is 3. The molecule has 1 aromatic heterocycles. The Morgan fingerprint density at radius 3 is 2.80 bits per heavy atom. The summed E-state index contributed by atoms with van der Waals surface area (Å²) in [6, 6.07) is 7.48. The van der Waals surface area contributed by atoms with Gasteiger partial charge in [-0.3, -0.25) is 13.9 Å². The predicted molar refractivity (Wildman–Crippen MR) is 79.1 cm³/mol. The van der Waals surface area contributed by atoms with Crippen molar-refractivity contribution in [2.75, 3.05) is 6.54 Å². The fraction of sp³-hybridized carbons (Fsp3) is 0.467. The molecule has 1 aliphatic rings. The van der Waals surface area contributed by atoms with Gasteiger partial charge in [0.05, 0.1) is 10.9 Å². The fourth-order valence-corrected chi connectivity index (χ4v) is 2.92. The number of piperidine rings is 1. The van der Waals surface area contributed by atoms with Crippen LogP contribution in [-0.4, -0.2) is 21.7 Å². The Hall–Kier alpha value is -1.88. The summed E-state index contributed by atoms with van der Waals surface area (Å²) < 4.78 is 2.92. The van der Waals surface area contributed by atoms with Crippen molar-refractivity contribution >= 4 is 10.9 Å². The highest BCUT2D eigenvalue weighted by Crippen LogP contribution is 2.09. The molecule has 3 rings (SSSR count). The molecule has 1 atom stereocenters. The van der Waals surface area contributed by atoms with Crippen LogP contribution in [0.4, 0.5) is 0 Å². The molecule has 0 radical (unpaired) electrons. The highest BCUT2D eigenvalue weighted by Gasteiger charge is 2.17. The lowest BCUT2D eigenvalue weighted by Gasteiger charge is -2.24. The predicted octanol–water partition coefficient (Wildman–Crippen LogP) is 0.842. The van der Waals surface area contributed by atoms with Crippen molar-refractivity contribution < 1.29 is 0 Å². The first kappa shape index (κ1) is 13.1. The highest BCUT2D eigenvalue weighted by molar-refractivity contribution is 5.77. The molecule has 1 unspecified atom stereocenters. The van der Waals surface area contributed by atoms with Gasteiger partial charge < -0.3 is 5.32 Å². The summed E-state index contributed by atoms with van der Waals surface area (Å²) in [6.07, 6.45) is 3.34. The van der Waals surface area contributed by atoms with E-state index in [9.17, 15) is 9.59 Å². The van der Waals surface area contributed by atoms with Gasteiger partial charge in [-0.05, 0) is 31.5 Å². The monoisotopic (exact) mass is 273 g/mol. The molecular formula is C15H19N3O2. The van der Waals surface area contributed by atoms with E-state index in [-0.39, 0.29) is 17.3 Å². The smallest absolute Gasteiger partial charge is 0.312 e. The minimum atomic E-state index is -0.235. The van der Waals surface area contributed by atoms with Crippen LogP contribution in [0.3, 0.4) is 0 Å². The number of hydrogen-bond donors (Lipinski definition) is 1. The quantitative estimate of drug-likeness (QED) is 0.882. The molecule has 20 heavy (non-hydrogen) atoms. The van der Waals surface area contributed by atoms with Crippen LogP contribution in [0.5, 0.6) is 0 Å². The summed E-state index contributed by atoms with van der Waals surface area (Å²) >= 11 is 0. The Labute approximate surface area is 116 Å². The van der Waals surface area contributed by atoms with Crippen LogP contribution in [-0.2, 0) is 13.6 Å². The molecule has 106 valence electrons. The fourth-order valence-electron chi connectivity index (χ4n) is 2.92. The highest BCUT2D eigenvalue weighted by atomic mass is 16.2. The summed E-state index contributed by atoms with van der Waals surface area (Å²) in [5.41, 5.74) is 0.271. The van der Waals surface area contributed by atoms with E-state index in [4.69, 9.17) is 0 Å². The molecule has 2 heterocycles. The normalized spacial score (nSPS) is 19.4. The molecule has 0 spiro atoms. The first-order chi connectivity index (χ1) is 9.68. The van der Waals surface area contributed by atoms with E-state index in [0.717, 1.165) is 19.4 Å². The van der Waals surface area contributed by atoms with E-state index >= 15 is 0 Å². The lowest BCUT2D eigenvalue weighted by atomic mass is 10.1. The Balaban J connectivity index is 2.10. The van der Waals surface area contributed by atoms with Gasteiger partial charge in [0, 0.05) is 19.6 Å². The van der Waals surface area contributed by atoms with Gasteiger partial charge in [0.25, 0.3) is 5.56 Å². The van der Waals surface area contributed by atoms with Crippen LogP contribution in [0.2, 0.25) is 0 Å². The van der Waals surface area contributed by atoms with Crippen molar-refractivity contribution in [2.45, 2.75) is 31.8 Å². The van der Waals surface area contributed by atoms with Gasteiger partial charge in [0.1, 0.15) is 0 Å². The second-order valence-corrected chi connectivity index (χ2v) is 5.42. The minimum absolute atomic E-state index is 0.184. The standard InChI is InChI=1S/C15H19N3O2/c1-17-13-8-3-2-7-12(13)14(19)18(15(17)20)10-11-6-4-5-9-16-11/h2-3,7-8,11,16H,4-6,9-10H2,1H3. The van der Waals surface area contributed by atoms with Crippen LogP contribution in [0.1, 0.15) is 19.3 Å². The zero-order chi connectivity index (χ0) is 14.1. The van der Waals surface area contributed by atoms with Crippen molar-refractivity contribution in [3.05, 3.63) is 45.1 Å². The van der Waals surface area contributed by atoms with Gasteiger partial charge in [0.15, 0.2) is 0 Å². The molecule has 5 heteroatoms. The van der Waals surface area contributed by atoms with Gasteiger partial charge in [-0.2, -0.15) is 0 Å². The third-order valence-corrected chi connectivity index (χ3v) is 4.07. The van der Waals surface area contributed by atoms with Crippen LogP contribution in [0.25, 0.3) is 10.9 Å². The maximum absolute atomic E-state index is 12.5. The average Bonchev–Trinajstić information content (AvgIpc) is 2.50. The molecular weight excluding hydrogens is 254 g/mol. The third kappa shape index (κ3) is 2.18. The molecule has 5 nitrogen and oxygen atoms in total. The molecule has 1 N–H and O–H groups in total. The maximum atomic E-state index is 12.5. The van der Waals surface area contributed by atoms with Crippen molar-refractivity contribution in [1.82, 2.24) is 14.5 Å². The zero-order valence-electron chi connectivity index (χ0n) is 11.6. The average molecular weight is 273 g/mol. The van der Waals surface area contributed by atoms with Gasteiger partial charge in [-0.25, -0.2) is 4.79 Å². The topological polar surface area (TPSA) is 56.0 Å². The maximum Gasteiger partial charge on any atom is 0.331 e. The van der Waals surface area contributed by atoms with Gasteiger partial charge >= 0.3 is 5.69 Å². The lowest BCUT2D eigenvalue weighted by Crippen LogP contribution is -2.46. The Morgan fingerprint density at radius 1 is 1.25 bits per heavy atom. The van der Waals surface area contributed by atoms with Crippen molar-refractivity contribution in [1.29, 1.82) is 0 Å². The Kier molecular flexibility index (Phi) is 3.44. The molecule has 0 bridgehead atoms. The number of aromatic nitrogens is 2. The summed E-state index contributed by atoms with van der Waals surface area (Å²) in [5, 5.41) is 3.98. The van der Waals surface area contributed by atoms with E-state index in [1.165, 1.54) is 11.0 Å².